The van der Waals surface area contributed by atoms with Crippen molar-refractivity contribution in [3.63, 3.8) is 0 Å². The molecule has 2 N–H and O–H groups in total. The standard InChI is InChI=1S/C12H17N3O4/c1-3-14-12(16)9-4-5-10(15(17)18)11(8-9)19-7-6-13-2/h4-5,8,13H,3,6-7H2,1-2H3,(H,14,16). The van der Waals surface area contributed by atoms with Crippen LogP contribution in [0.2, 0.25) is 0 Å². The number of nitro benzene ring substituents is 1. The lowest BCUT2D eigenvalue weighted by Gasteiger charge is -2.08. The van der Waals surface area contributed by atoms with Gasteiger partial charge in [-0.3, -0.25) is 14.9 Å². The van der Waals surface area contributed by atoms with Gasteiger partial charge in [0.1, 0.15) is 6.61 Å². The molecule has 0 bridgehead atoms. The van der Waals surface area contributed by atoms with Gasteiger partial charge in [-0.05, 0) is 20.0 Å². The van der Waals surface area contributed by atoms with Gasteiger partial charge in [0.2, 0.25) is 0 Å². The summed E-state index contributed by atoms with van der Waals surface area (Å²) < 4.78 is 5.32. The number of carbonyl (C=O) groups is 1. The van der Waals surface area contributed by atoms with Crippen molar-refractivity contribution in [2.24, 2.45) is 0 Å². The molecule has 0 fully saturated rings. The topological polar surface area (TPSA) is 93.5 Å². The van der Waals surface area contributed by atoms with Gasteiger partial charge in [0.05, 0.1) is 4.92 Å². The Morgan fingerprint density at radius 3 is 2.79 bits per heavy atom. The number of rotatable bonds is 7. The molecular weight excluding hydrogens is 250 g/mol. The number of benzene rings is 1. The highest BCUT2D eigenvalue weighted by Crippen LogP contribution is 2.27. The minimum atomic E-state index is -0.532. The average Bonchev–Trinajstić information content (AvgIpc) is 2.39. The minimum absolute atomic E-state index is 0.101. The van der Waals surface area contributed by atoms with Crippen LogP contribution < -0.4 is 15.4 Å². The number of ether oxygens (including phenoxy) is 1. The van der Waals surface area contributed by atoms with Gasteiger partial charge in [0.15, 0.2) is 5.75 Å². The predicted molar refractivity (Wildman–Crippen MR) is 70.5 cm³/mol. The molecule has 0 saturated carbocycles. The van der Waals surface area contributed by atoms with Gasteiger partial charge in [-0.2, -0.15) is 0 Å². The van der Waals surface area contributed by atoms with Crippen LogP contribution in [-0.2, 0) is 0 Å². The van der Waals surface area contributed by atoms with Crippen molar-refractivity contribution < 1.29 is 14.5 Å². The summed E-state index contributed by atoms with van der Waals surface area (Å²) in [5.74, 6) is -0.181. The summed E-state index contributed by atoms with van der Waals surface area (Å²) in [5.41, 5.74) is 0.191. The Morgan fingerprint density at radius 2 is 2.21 bits per heavy atom. The van der Waals surface area contributed by atoms with Crippen molar-refractivity contribution in [1.82, 2.24) is 10.6 Å². The third kappa shape index (κ3) is 4.22. The zero-order valence-electron chi connectivity index (χ0n) is 10.9. The first-order valence-electron chi connectivity index (χ1n) is 5.94. The monoisotopic (exact) mass is 267 g/mol. The SMILES string of the molecule is CCNC(=O)c1ccc([N+](=O)[O-])c(OCCNC)c1. The molecule has 0 spiro atoms. The molecular formula is C12H17N3O4. The fraction of sp³-hybridized carbons (Fsp3) is 0.417. The number of nitrogens with one attached hydrogen (secondary N) is 2. The number of nitrogens with zero attached hydrogens (tertiary/aromatic N) is 1. The van der Waals surface area contributed by atoms with Gasteiger partial charge in [0, 0.05) is 30.8 Å². The van der Waals surface area contributed by atoms with Crippen LogP contribution in [0.3, 0.4) is 0 Å². The highest BCUT2D eigenvalue weighted by Gasteiger charge is 2.17. The van der Waals surface area contributed by atoms with E-state index in [-0.39, 0.29) is 24.0 Å². The van der Waals surface area contributed by atoms with E-state index < -0.39 is 4.92 Å². The number of nitro groups is 1. The first kappa shape index (κ1) is 14.9. The summed E-state index contributed by atoms with van der Waals surface area (Å²) in [6, 6.07) is 4.08. The molecule has 0 unspecified atom stereocenters. The third-order valence-corrected chi connectivity index (χ3v) is 2.37. The van der Waals surface area contributed by atoms with Gasteiger partial charge >= 0.3 is 5.69 Å². The van der Waals surface area contributed by atoms with Crippen LogP contribution >= 0.6 is 0 Å². The van der Waals surface area contributed by atoms with Crippen LogP contribution in [0.25, 0.3) is 0 Å². The fourth-order valence-electron chi connectivity index (χ4n) is 1.45. The Morgan fingerprint density at radius 1 is 1.47 bits per heavy atom. The van der Waals surface area contributed by atoms with Crippen LogP contribution in [-0.4, -0.2) is 37.6 Å². The number of carbonyl (C=O) groups excluding carboxylic acids is 1. The van der Waals surface area contributed by atoms with Gasteiger partial charge in [-0.25, -0.2) is 0 Å². The highest BCUT2D eigenvalue weighted by atomic mass is 16.6. The van der Waals surface area contributed by atoms with E-state index in [0.717, 1.165) is 0 Å². The van der Waals surface area contributed by atoms with Crippen molar-refractivity contribution in [3.05, 3.63) is 33.9 Å². The van der Waals surface area contributed by atoms with Crippen molar-refractivity contribution in [3.8, 4) is 5.75 Å². The van der Waals surface area contributed by atoms with E-state index in [0.29, 0.717) is 18.7 Å². The molecule has 104 valence electrons. The number of amides is 1. The van der Waals surface area contributed by atoms with Crippen LogP contribution in [0.15, 0.2) is 18.2 Å². The molecule has 1 aromatic rings. The minimum Gasteiger partial charge on any atom is -0.485 e. The Bertz CT molecular complexity index is 462. The van der Waals surface area contributed by atoms with Crippen LogP contribution in [0.1, 0.15) is 17.3 Å². The summed E-state index contributed by atoms with van der Waals surface area (Å²) in [5, 5.41) is 16.4. The third-order valence-electron chi connectivity index (χ3n) is 2.37. The van der Waals surface area contributed by atoms with E-state index in [1.165, 1.54) is 18.2 Å². The largest absolute Gasteiger partial charge is 0.485 e. The Kier molecular flexibility index (Phi) is 5.74. The smallest absolute Gasteiger partial charge is 0.310 e. The van der Waals surface area contributed by atoms with Crippen molar-refractivity contribution in [2.75, 3.05) is 26.7 Å². The lowest BCUT2D eigenvalue weighted by Crippen LogP contribution is -2.22. The molecule has 0 aliphatic heterocycles. The number of likely N-dealkylation sites (N-methyl/N-ethyl adjacent to an activating group) is 1. The molecule has 0 atom stereocenters. The van der Waals surface area contributed by atoms with E-state index in [1.807, 2.05) is 0 Å². The number of hydrogen-bond donors (Lipinski definition) is 2. The predicted octanol–water partition coefficient (Wildman–Crippen LogP) is 0.943. The van der Waals surface area contributed by atoms with Gasteiger partial charge in [-0.15, -0.1) is 0 Å². The highest BCUT2D eigenvalue weighted by molar-refractivity contribution is 5.95. The van der Waals surface area contributed by atoms with E-state index in [1.54, 1.807) is 14.0 Å². The molecule has 0 aliphatic rings. The Hall–Kier alpha value is -2.15. The lowest BCUT2D eigenvalue weighted by molar-refractivity contribution is -0.385. The Balaban J connectivity index is 2.96. The van der Waals surface area contributed by atoms with E-state index >= 15 is 0 Å². The maximum absolute atomic E-state index is 11.7. The maximum Gasteiger partial charge on any atom is 0.310 e. The van der Waals surface area contributed by atoms with Crippen LogP contribution in [0.5, 0.6) is 5.75 Å². The molecule has 0 aromatic heterocycles. The lowest BCUT2D eigenvalue weighted by atomic mass is 10.1. The van der Waals surface area contributed by atoms with Gasteiger partial charge in [0.25, 0.3) is 5.91 Å². The quantitative estimate of drug-likeness (QED) is 0.435. The first-order valence-corrected chi connectivity index (χ1v) is 5.94. The molecule has 0 heterocycles. The van der Waals surface area contributed by atoms with E-state index in [2.05, 4.69) is 10.6 Å². The first-order chi connectivity index (χ1) is 9.10. The normalized spacial score (nSPS) is 10.0. The van der Waals surface area contributed by atoms with Crippen LogP contribution in [0.4, 0.5) is 5.69 Å². The number of hydrogen-bond acceptors (Lipinski definition) is 5. The Labute approximate surface area is 111 Å². The summed E-state index contributed by atoms with van der Waals surface area (Å²) in [6.07, 6.45) is 0. The summed E-state index contributed by atoms with van der Waals surface area (Å²) >= 11 is 0. The second-order valence-corrected chi connectivity index (χ2v) is 3.75. The van der Waals surface area contributed by atoms with Gasteiger partial charge in [-0.1, -0.05) is 0 Å². The van der Waals surface area contributed by atoms with Crippen LogP contribution in [0, 0.1) is 10.1 Å². The molecule has 0 saturated heterocycles. The zero-order chi connectivity index (χ0) is 14.3. The summed E-state index contributed by atoms with van der Waals surface area (Å²) in [6.45, 7) is 3.14. The second-order valence-electron chi connectivity index (χ2n) is 3.75. The average molecular weight is 267 g/mol. The molecule has 7 heteroatoms. The molecule has 0 radical (unpaired) electrons. The molecule has 1 aromatic carbocycles. The molecule has 0 aliphatic carbocycles. The maximum atomic E-state index is 11.7. The van der Waals surface area contributed by atoms with Crippen molar-refractivity contribution in [2.45, 2.75) is 6.92 Å². The summed E-state index contributed by atoms with van der Waals surface area (Å²) in [7, 11) is 1.75. The summed E-state index contributed by atoms with van der Waals surface area (Å²) in [4.78, 5) is 22.0. The molecule has 19 heavy (non-hydrogen) atoms. The fourth-order valence-corrected chi connectivity index (χ4v) is 1.45. The van der Waals surface area contributed by atoms with Crippen molar-refractivity contribution in [1.29, 1.82) is 0 Å². The molecule has 1 amide bonds. The van der Waals surface area contributed by atoms with Crippen molar-refractivity contribution >= 4 is 11.6 Å². The van der Waals surface area contributed by atoms with E-state index in [4.69, 9.17) is 4.74 Å². The molecule has 7 nitrogen and oxygen atoms in total. The van der Waals surface area contributed by atoms with Gasteiger partial charge < -0.3 is 15.4 Å². The molecule has 1 rings (SSSR count). The zero-order valence-corrected chi connectivity index (χ0v) is 10.9. The second kappa shape index (κ2) is 7.32. The van der Waals surface area contributed by atoms with E-state index in [9.17, 15) is 14.9 Å².